The maximum atomic E-state index is 6.11. The Morgan fingerprint density at radius 2 is 1.71 bits per heavy atom. The van der Waals surface area contributed by atoms with Crippen LogP contribution in [0.1, 0.15) is 40.8 Å². The third-order valence-electron chi connectivity index (χ3n) is 3.87. The van der Waals surface area contributed by atoms with E-state index in [0.29, 0.717) is 6.04 Å². The highest BCUT2D eigenvalue weighted by molar-refractivity contribution is 6.30. The first-order chi connectivity index (χ1) is 10.0. The van der Waals surface area contributed by atoms with Gasteiger partial charge in [0.25, 0.3) is 0 Å². The van der Waals surface area contributed by atoms with E-state index in [1.807, 2.05) is 12.1 Å². The Balaban J connectivity index is 2.35. The highest BCUT2D eigenvalue weighted by Crippen LogP contribution is 2.27. The van der Waals surface area contributed by atoms with E-state index < -0.39 is 0 Å². The van der Waals surface area contributed by atoms with Crippen LogP contribution in [0.3, 0.4) is 0 Å². The molecular formula is C19H24ClN. The van der Waals surface area contributed by atoms with Gasteiger partial charge in [0, 0.05) is 11.1 Å². The number of rotatable bonds is 5. The van der Waals surface area contributed by atoms with Crippen LogP contribution in [-0.4, -0.2) is 6.54 Å². The van der Waals surface area contributed by atoms with E-state index in [2.05, 4.69) is 57.3 Å². The first kappa shape index (κ1) is 16.1. The monoisotopic (exact) mass is 301 g/mol. The molecule has 1 atom stereocenters. The molecule has 0 saturated carbocycles. The lowest BCUT2D eigenvalue weighted by atomic mass is 9.90. The summed E-state index contributed by atoms with van der Waals surface area (Å²) in [6, 6.07) is 13.0. The summed E-state index contributed by atoms with van der Waals surface area (Å²) in [5, 5.41) is 4.43. The zero-order chi connectivity index (χ0) is 15.4. The average molecular weight is 302 g/mol. The molecule has 1 N–H and O–H groups in total. The van der Waals surface area contributed by atoms with Crippen LogP contribution >= 0.6 is 11.6 Å². The van der Waals surface area contributed by atoms with Crippen molar-refractivity contribution in [1.82, 2.24) is 5.32 Å². The Hall–Kier alpha value is -1.31. The molecular weight excluding hydrogens is 278 g/mol. The maximum absolute atomic E-state index is 6.11. The van der Waals surface area contributed by atoms with E-state index in [0.717, 1.165) is 18.0 Å². The van der Waals surface area contributed by atoms with Gasteiger partial charge in [-0.1, -0.05) is 48.4 Å². The number of aryl methyl sites for hydroxylation is 3. The van der Waals surface area contributed by atoms with Crippen molar-refractivity contribution in [2.45, 2.75) is 40.2 Å². The van der Waals surface area contributed by atoms with Gasteiger partial charge in [0.05, 0.1) is 0 Å². The zero-order valence-electron chi connectivity index (χ0n) is 13.3. The molecule has 0 spiro atoms. The summed E-state index contributed by atoms with van der Waals surface area (Å²) in [7, 11) is 0. The second-order valence-electron chi connectivity index (χ2n) is 5.76. The molecule has 21 heavy (non-hydrogen) atoms. The molecule has 2 aromatic carbocycles. The molecule has 0 aliphatic carbocycles. The van der Waals surface area contributed by atoms with Gasteiger partial charge >= 0.3 is 0 Å². The first-order valence-corrected chi connectivity index (χ1v) is 7.94. The normalized spacial score (nSPS) is 12.4. The maximum Gasteiger partial charge on any atom is 0.0408 e. The Labute approximate surface area is 133 Å². The van der Waals surface area contributed by atoms with Crippen LogP contribution in [0.4, 0.5) is 0 Å². The van der Waals surface area contributed by atoms with Crippen molar-refractivity contribution in [3.05, 3.63) is 69.2 Å². The molecule has 0 fully saturated rings. The fourth-order valence-electron chi connectivity index (χ4n) is 3.16. The van der Waals surface area contributed by atoms with Crippen molar-refractivity contribution in [3.8, 4) is 0 Å². The minimum Gasteiger partial charge on any atom is -0.310 e. The molecule has 1 unspecified atom stereocenters. The molecule has 0 heterocycles. The summed E-state index contributed by atoms with van der Waals surface area (Å²) < 4.78 is 0. The summed E-state index contributed by atoms with van der Waals surface area (Å²) in [6.45, 7) is 9.68. The minimum absolute atomic E-state index is 0.328. The van der Waals surface area contributed by atoms with Crippen molar-refractivity contribution < 1.29 is 0 Å². The Morgan fingerprint density at radius 1 is 1.05 bits per heavy atom. The van der Waals surface area contributed by atoms with Crippen molar-refractivity contribution in [2.75, 3.05) is 6.54 Å². The van der Waals surface area contributed by atoms with E-state index >= 15 is 0 Å². The van der Waals surface area contributed by atoms with Crippen LogP contribution in [0, 0.1) is 20.8 Å². The van der Waals surface area contributed by atoms with Crippen molar-refractivity contribution in [1.29, 1.82) is 0 Å². The van der Waals surface area contributed by atoms with E-state index in [-0.39, 0.29) is 0 Å². The fraction of sp³-hybridized carbons (Fsp3) is 0.368. The first-order valence-electron chi connectivity index (χ1n) is 7.56. The van der Waals surface area contributed by atoms with Gasteiger partial charge in [-0.3, -0.25) is 0 Å². The fourth-order valence-corrected chi connectivity index (χ4v) is 3.38. The average Bonchev–Trinajstić information content (AvgIpc) is 2.37. The van der Waals surface area contributed by atoms with Gasteiger partial charge < -0.3 is 5.32 Å². The zero-order valence-corrected chi connectivity index (χ0v) is 14.1. The molecule has 2 aromatic rings. The number of nitrogens with one attached hydrogen (secondary N) is 1. The van der Waals surface area contributed by atoms with E-state index in [4.69, 9.17) is 11.6 Å². The largest absolute Gasteiger partial charge is 0.310 e. The van der Waals surface area contributed by atoms with Crippen molar-refractivity contribution >= 4 is 11.6 Å². The Morgan fingerprint density at radius 3 is 2.29 bits per heavy atom. The molecule has 0 bridgehead atoms. The number of halogens is 1. The summed E-state index contributed by atoms with van der Waals surface area (Å²) in [5.41, 5.74) is 6.74. The lowest BCUT2D eigenvalue weighted by Crippen LogP contribution is -2.24. The number of hydrogen-bond acceptors (Lipinski definition) is 1. The van der Waals surface area contributed by atoms with Crippen LogP contribution in [-0.2, 0) is 6.42 Å². The molecule has 0 aliphatic heterocycles. The molecule has 0 aromatic heterocycles. The highest BCUT2D eigenvalue weighted by atomic mass is 35.5. The summed E-state index contributed by atoms with van der Waals surface area (Å²) in [4.78, 5) is 0. The van der Waals surface area contributed by atoms with Gasteiger partial charge in [0.1, 0.15) is 0 Å². The van der Waals surface area contributed by atoms with Crippen LogP contribution in [0.5, 0.6) is 0 Å². The SMILES string of the molecule is CCNC(Cc1cccc(Cl)c1)c1c(C)cc(C)cc1C. The van der Waals surface area contributed by atoms with Crippen LogP contribution in [0.2, 0.25) is 5.02 Å². The third-order valence-corrected chi connectivity index (χ3v) is 4.10. The molecule has 0 saturated heterocycles. The molecule has 112 valence electrons. The molecule has 0 radical (unpaired) electrons. The van der Waals surface area contributed by atoms with E-state index in [1.54, 1.807) is 0 Å². The summed E-state index contributed by atoms with van der Waals surface area (Å²) in [5.74, 6) is 0. The van der Waals surface area contributed by atoms with Gasteiger partial charge in [-0.2, -0.15) is 0 Å². The lowest BCUT2D eigenvalue weighted by Gasteiger charge is -2.23. The molecule has 1 nitrogen and oxygen atoms in total. The van der Waals surface area contributed by atoms with E-state index in [1.165, 1.54) is 27.8 Å². The van der Waals surface area contributed by atoms with Crippen LogP contribution < -0.4 is 5.32 Å². The van der Waals surface area contributed by atoms with Gasteiger partial charge in [-0.15, -0.1) is 0 Å². The third kappa shape index (κ3) is 4.09. The van der Waals surface area contributed by atoms with Crippen molar-refractivity contribution in [3.63, 3.8) is 0 Å². The number of hydrogen-bond donors (Lipinski definition) is 1. The van der Waals surface area contributed by atoms with Crippen LogP contribution in [0.15, 0.2) is 36.4 Å². The topological polar surface area (TPSA) is 12.0 Å². The van der Waals surface area contributed by atoms with E-state index in [9.17, 15) is 0 Å². The predicted octanol–water partition coefficient (Wildman–Crippen LogP) is 5.16. The Bertz CT molecular complexity index is 596. The molecule has 2 rings (SSSR count). The number of likely N-dealkylation sites (N-methyl/N-ethyl adjacent to an activating group) is 1. The van der Waals surface area contributed by atoms with Gasteiger partial charge in [0.15, 0.2) is 0 Å². The molecule has 0 aliphatic rings. The molecule has 0 amide bonds. The van der Waals surface area contributed by atoms with Gasteiger partial charge in [-0.25, -0.2) is 0 Å². The standard InChI is InChI=1S/C19H24ClN/c1-5-21-18(12-16-7-6-8-17(20)11-16)19-14(3)9-13(2)10-15(19)4/h6-11,18,21H,5,12H2,1-4H3. The molecule has 2 heteroatoms. The Kier molecular flexibility index (Phi) is 5.44. The predicted molar refractivity (Wildman–Crippen MR) is 92.2 cm³/mol. The lowest BCUT2D eigenvalue weighted by molar-refractivity contribution is 0.545. The second-order valence-corrected chi connectivity index (χ2v) is 6.19. The van der Waals surface area contributed by atoms with Gasteiger partial charge in [0.2, 0.25) is 0 Å². The summed E-state index contributed by atoms with van der Waals surface area (Å²) >= 11 is 6.11. The van der Waals surface area contributed by atoms with Crippen molar-refractivity contribution in [2.24, 2.45) is 0 Å². The van der Waals surface area contributed by atoms with Gasteiger partial charge in [-0.05, 0) is 68.1 Å². The second kappa shape index (κ2) is 7.11. The number of benzene rings is 2. The van der Waals surface area contributed by atoms with Crippen LogP contribution in [0.25, 0.3) is 0 Å². The quantitative estimate of drug-likeness (QED) is 0.804. The summed E-state index contributed by atoms with van der Waals surface area (Å²) in [6.07, 6.45) is 0.957. The minimum atomic E-state index is 0.328. The smallest absolute Gasteiger partial charge is 0.0408 e. The highest BCUT2D eigenvalue weighted by Gasteiger charge is 2.16.